The maximum atomic E-state index is 12.2. The largest absolute Gasteiger partial charge is 0.493 e. The van der Waals surface area contributed by atoms with Crippen LogP contribution < -0.4 is 14.8 Å². The summed E-state index contributed by atoms with van der Waals surface area (Å²) >= 11 is 0. The van der Waals surface area contributed by atoms with Gasteiger partial charge >= 0.3 is 0 Å². The predicted molar refractivity (Wildman–Crippen MR) is 102 cm³/mol. The van der Waals surface area contributed by atoms with E-state index in [1.54, 1.807) is 7.11 Å². The van der Waals surface area contributed by atoms with Crippen LogP contribution in [0, 0.1) is 5.92 Å². The van der Waals surface area contributed by atoms with E-state index in [1.165, 1.54) is 0 Å². The number of benzene rings is 2. The summed E-state index contributed by atoms with van der Waals surface area (Å²) in [7, 11) is -1.50. The molecule has 1 fully saturated rings. The number of sulfone groups is 1. The lowest BCUT2D eigenvalue weighted by Crippen LogP contribution is -2.30. The maximum Gasteiger partial charge on any atom is 0.224 e. The molecular weight excluding hydrogens is 366 g/mol. The second kappa shape index (κ2) is 8.43. The average molecular weight is 389 g/mol. The Kier molecular flexibility index (Phi) is 6.01. The molecule has 1 heterocycles. The zero-order valence-electron chi connectivity index (χ0n) is 15.2. The number of hydrogen-bond donors (Lipinski definition) is 1. The van der Waals surface area contributed by atoms with Gasteiger partial charge in [0.1, 0.15) is 6.61 Å². The van der Waals surface area contributed by atoms with Crippen molar-refractivity contribution in [1.82, 2.24) is 5.32 Å². The summed E-state index contributed by atoms with van der Waals surface area (Å²) in [5.41, 5.74) is 1.91. The fraction of sp³-hybridized carbons (Fsp3) is 0.350. The number of ether oxygens (including phenoxy) is 2. The van der Waals surface area contributed by atoms with Gasteiger partial charge in [-0.3, -0.25) is 4.79 Å². The summed E-state index contributed by atoms with van der Waals surface area (Å²) in [5.74, 6) is 0.560. The van der Waals surface area contributed by atoms with Gasteiger partial charge in [0.15, 0.2) is 21.3 Å². The first-order valence-corrected chi connectivity index (χ1v) is 10.6. The Morgan fingerprint density at radius 3 is 2.56 bits per heavy atom. The Hall–Kier alpha value is -2.54. The van der Waals surface area contributed by atoms with E-state index in [4.69, 9.17) is 9.47 Å². The number of carbonyl (C=O) groups is 1. The smallest absolute Gasteiger partial charge is 0.224 e. The first-order valence-electron chi connectivity index (χ1n) is 8.78. The van der Waals surface area contributed by atoms with Crippen LogP contribution in [0.4, 0.5) is 0 Å². The minimum Gasteiger partial charge on any atom is -0.493 e. The Labute approximate surface area is 159 Å². The molecule has 1 atom stereocenters. The number of hydrogen-bond acceptors (Lipinski definition) is 5. The number of carbonyl (C=O) groups excluding carboxylic acids is 1. The molecule has 2 aromatic rings. The van der Waals surface area contributed by atoms with Crippen LogP contribution in [0.3, 0.4) is 0 Å². The molecule has 3 rings (SSSR count). The van der Waals surface area contributed by atoms with Gasteiger partial charge in [-0.05, 0) is 29.7 Å². The summed E-state index contributed by atoms with van der Waals surface area (Å²) < 4.78 is 34.2. The molecule has 0 radical (unpaired) electrons. The van der Waals surface area contributed by atoms with Crippen molar-refractivity contribution in [3.63, 3.8) is 0 Å². The lowest BCUT2D eigenvalue weighted by Gasteiger charge is -2.13. The summed E-state index contributed by atoms with van der Waals surface area (Å²) in [6, 6.07) is 15.3. The SMILES string of the molecule is COc1cc(CNC(=O)[C@H]2CCS(=O)(=O)C2)ccc1OCc1ccccc1. The third-order valence-electron chi connectivity index (χ3n) is 4.54. The zero-order valence-corrected chi connectivity index (χ0v) is 16.0. The number of nitrogens with one attached hydrogen (secondary N) is 1. The van der Waals surface area contributed by atoms with E-state index in [0.717, 1.165) is 11.1 Å². The topological polar surface area (TPSA) is 81.7 Å². The lowest BCUT2D eigenvalue weighted by molar-refractivity contribution is -0.124. The van der Waals surface area contributed by atoms with Gasteiger partial charge in [0, 0.05) is 6.54 Å². The minimum atomic E-state index is -3.07. The molecule has 27 heavy (non-hydrogen) atoms. The van der Waals surface area contributed by atoms with Crippen molar-refractivity contribution in [3.8, 4) is 11.5 Å². The highest BCUT2D eigenvalue weighted by molar-refractivity contribution is 7.91. The lowest BCUT2D eigenvalue weighted by atomic mass is 10.1. The average Bonchev–Trinajstić information content (AvgIpc) is 3.05. The van der Waals surface area contributed by atoms with Gasteiger partial charge in [-0.2, -0.15) is 0 Å². The summed E-state index contributed by atoms with van der Waals surface area (Å²) in [5, 5.41) is 2.81. The molecule has 1 aliphatic heterocycles. The van der Waals surface area contributed by atoms with Gasteiger partial charge in [0.2, 0.25) is 5.91 Å². The first-order chi connectivity index (χ1) is 13.0. The van der Waals surface area contributed by atoms with E-state index in [9.17, 15) is 13.2 Å². The van der Waals surface area contributed by atoms with Crippen molar-refractivity contribution in [1.29, 1.82) is 0 Å². The van der Waals surface area contributed by atoms with Crippen LogP contribution >= 0.6 is 0 Å². The molecule has 6 nitrogen and oxygen atoms in total. The van der Waals surface area contributed by atoms with Gasteiger partial charge in [0.25, 0.3) is 0 Å². The molecule has 144 valence electrons. The van der Waals surface area contributed by atoms with E-state index in [-0.39, 0.29) is 17.4 Å². The van der Waals surface area contributed by atoms with Gasteiger partial charge < -0.3 is 14.8 Å². The molecule has 0 bridgehead atoms. The highest BCUT2D eigenvalue weighted by Gasteiger charge is 2.32. The minimum absolute atomic E-state index is 0.0611. The van der Waals surface area contributed by atoms with E-state index < -0.39 is 15.8 Å². The summed E-state index contributed by atoms with van der Waals surface area (Å²) in [6.45, 7) is 0.744. The van der Waals surface area contributed by atoms with Crippen molar-refractivity contribution in [2.75, 3.05) is 18.6 Å². The third kappa shape index (κ3) is 5.23. The Bertz CT molecular complexity index is 896. The Morgan fingerprint density at radius 2 is 1.89 bits per heavy atom. The Balaban J connectivity index is 1.58. The monoisotopic (exact) mass is 389 g/mol. The normalized spacial score (nSPS) is 18.0. The fourth-order valence-corrected chi connectivity index (χ4v) is 4.75. The van der Waals surface area contributed by atoms with E-state index in [1.807, 2.05) is 48.5 Å². The van der Waals surface area contributed by atoms with E-state index >= 15 is 0 Å². The molecule has 1 saturated heterocycles. The zero-order chi connectivity index (χ0) is 19.3. The van der Waals surface area contributed by atoms with Crippen LogP contribution in [0.1, 0.15) is 17.5 Å². The third-order valence-corrected chi connectivity index (χ3v) is 6.30. The standard InChI is InChI=1S/C20H23NO5S/c1-25-19-11-16(12-21-20(22)17-9-10-27(23,24)14-17)7-8-18(19)26-13-15-5-3-2-4-6-15/h2-8,11,17H,9-10,12-14H2,1H3,(H,21,22)/t17-/m0/s1. The van der Waals surface area contributed by atoms with Crippen LogP contribution in [-0.2, 0) is 27.8 Å². The Morgan fingerprint density at radius 1 is 1.11 bits per heavy atom. The maximum absolute atomic E-state index is 12.2. The van der Waals surface area contributed by atoms with Crippen LogP contribution in [0.2, 0.25) is 0 Å². The molecule has 1 amide bonds. The molecular formula is C20H23NO5S. The molecule has 7 heteroatoms. The molecule has 0 aliphatic carbocycles. The number of methoxy groups -OCH3 is 1. The van der Waals surface area contributed by atoms with Gasteiger partial charge in [-0.1, -0.05) is 36.4 Å². The molecule has 0 spiro atoms. The molecule has 2 aromatic carbocycles. The van der Waals surface area contributed by atoms with Crippen molar-refractivity contribution in [2.24, 2.45) is 5.92 Å². The van der Waals surface area contributed by atoms with Gasteiger partial charge in [0.05, 0.1) is 24.5 Å². The van der Waals surface area contributed by atoms with Crippen molar-refractivity contribution < 1.29 is 22.7 Å². The van der Waals surface area contributed by atoms with Crippen LogP contribution in [0.15, 0.2) is 48.5 Å². The fourth-order valence-electron chi connectivity index (χ4n) is 3.01. The molecule has 0 unspecified atom stereocenters. The van der Waals surface area contributed by atoms with Gasteiger partial charge in [-0.15, -0.1) is 0 Å². The second-order valence-electron chi connectivity index (χ2n) is 6.58. The summed E-state index contributed by atoms with van der Waals surface area (Å²) in [4.78, 5) is 12.2. The molecule has 0 saturated carbocycles. The first kappa shape index (κ1) is 19.2. The van der Waals surface area contributed by atoms with E-state index in [2.05, 4.69) is 5.32 Å². The highest BCUT2D eigenvalue weighted by atomic mass is 32.2. The van der Waals surface area contributed by atoms with E-state index in [0.29, 0.717) is 31.1 Å². The summed E-state index contributed by atoms with van der Waals surface area (Å²) in [6.07, 6.45) is 0.393. The predicted octanol–water partition coefficient (Wildman–Crippen LogP) is 2.33. The van der Waals surface area contributed by atoms with Gasteiger partial charge in [-0.25, -0.2) is 8.42 Å². The van der Waals surface area contributed by atoms with Crippen molar-refractivity contribution in [2.45, 2.75) is 19.6 Å². The van der Waals surface area contributed by atoms with Crippen LogP contribution in [0.25, 0.3) is 0 Å². The molecule has 1 N–H and O–H groups in total. The van der Waals surface area contributed by atoms with Crippen LogP contribution in [-0.4, -0.2) is 32.9 Å². The number of rotatable bonds is 7. The highest BCUT2D eigenvalue weighted by Crippen LogP contribution is 2.29. The molecule has 0 aromatic heterocycles. The number of amides is 1. The quantitative estimate of drug-likeness (QED) is 0.786. The molecule has 1 aliphatic rings. The second-order valence-corrected chi connectivity index (χ2v) is 8.81. The van der Waals surface area contributed by atoms with Crippen molar-refractivity contribution >= 4 is 15.7 Å². The van der Waals surface area contributed by atoms with Crippen molar-refractivity contribution in [3.05, 3.63) is 59.7 Å². The van der Waals surface area contributed by atoms with Crippen LogP contribution in [0.5, 0.6) is 11.5 Å².